The molecule has 6 nitrogen and oxygen atoms in total. The van der Waals surface area contributed by atoms with Crippen LogP contribution in [0.25, 0.3) is 0 Å². The van der Waals surface area contributed by atoms with Gasteiger partial charge >= 0.3 is 0 Å². The highest BCUT2D eigenvalue weighted by molar-refractivity contribution is 5.37. The van der Waals surface area contributed by atoms with Crippen LogP contribution in [0.15, 0.2) is 49.1 Å². The molecule has 2 heterocycles. The molecule has 0 saturated carbocycles. The maximum atomic E-state index is 5.50. The van der Waals surface area contributed by atoms with Crippen molar-refractivity contribution in [3.05, 3.63) is 65.7 Å². The number of ether oxygens (including phenoxy) is 1. The van der Waals surface area contributed by atoms with Crippen molar-refractivity contribution >= 4 is 0 Å². The predicted octanol–water partition coefficient (Wildman–Crippen LogP) is 2.79. The molecule has 6 heteroatoms. The molecule has 0 amide bonds. The monoisotopic (exact) mass is 339 g/mol. The molecule has 1 aromatic carbocycles. The summed E-state index contributed by atoms with van der Waals surface area (Å²) >= 11 is 0. The van der Waals surface area contributed by atoms with Gasteiger partial charge in [-0.1, -0.05) is 6.07 Å². The first-order valence-corrected chi connectivity index (χ1v) is 8.51. The lowest BCUT2D eigenvalue weighted by atomic mass is 10.1. The van der Waals surface area contributed by atoms with Crippen molar-refractivity contribution in [3.8, 4) is 5.75 Å². The quantitative estimate of drug-likeness (QED) is 0.633. The summed E-state index contributed by atoms with van der Waals surface area (Å²) in [6.07, 6.45) is 7.80. The normalized spacial score (nSPS) is 11.2. The number of hydrogen-bond acceptors (Lipinski definition) is 4. The van der Waals surface area contributed by atoms with Crippen LogP contribution in [0.2, 0.25) is 0 Å². The lowest BCUT2D eigenvalue weighted by Crippen LogP contribution is -2.17. The molecule has 0 spiro atoms. The number of nitrogens with zero attached hydrogens (tertiary/aromatic N) is 5. The Morgan fingerprint density at radius 3 is 2.64 bits per heavy atom. The van der Waals surface area contributed by atoms with Crippen molar-refractivity contribution in [1.82, 2.24) is 24.5 Å². The highest BCUT2D eigenvalue weighted by Crippen LogP contribution is 2.22. The van der Waals surface area contributed by atoms with Crippen LogP contribution in [0, 0.1) is 0 Å². The second-order valence-electron chi connectivity index (χ2n) is 6.23. The molecule has 0 radical (unpaired) electrons. The van der Waals surface area contributed by atoms with Crippen LogP contribution in [0.1, 0.15) is 23.6 Å². The molecule has 0 fully saturated rings. The number of benzene rings is 1. The lowest BCUT2D eigenvalue weighted by molar-refractivity contribution is 0.318. The van der Waals surface area contributed by atoms with E-state index in [0.29, 0.717) is 6.54 Å². The van der Waals surface area contributed by atoms with Crippen molar-refractivity contribution < 1.29 is 4.74 Å². The second-order valence-corrected chi connectivity index (χ2v) is 6.23. The Morgan fingerprint density at radius 1 is 1.12 bits per heavy atom. The summed E-state index contributed by atoms with van der Waals surface area (Å²) in [5, 5.41) is 8.62. The van der Waals surface area contributed by atoms with Crippen LogP contribution >= 0.6 is 0 Å². The molecule has 0 atom stereocenters. The maximum Gasteiger partial charge on any atom is 0.123 e. The molecule has 25 heavy (non-hydrogen) atoms. The van der Waals surface area contributed by atoms with Crippen LogP contribution in [-0.2, 0) is 26.2 Å². The average Bonchev–Trinajstić information content (AvgIpc) is 3.27. The van der Waals surface area contributed by atoms with Crippen molar-refractivity contribution in [2.24, 2.45) is 0 Å². The zero-order chi connectivity index (χ0) is 17.6. The fourth-order valence-corrected chi connectivity index (χ4v) is 2.96. The summed E-state index contributed by atoms with van der Waals surface area (Å²) in [7, 11) is 3.83. The minimum atomic E-state index is 0.705. The molecule has 3 rings (SSSR count). The summed E-state index contributed by atoms with van der Waals surface area (Å²) in [4.78, 5) is 2.29. The zero-order valence-corrected chi connectivity index (χ0v) is 15.1. The first kappa shape index (κ1) is 17.2. The molecule has 0 unspecified atom stereocenters. The number of methoxy groups -OCH3 is 1. The molecule has 132 valence electrons. The Bertz CT molecular complexity index is 794. The van der Waals surface area contributed by atoms with Crippen molar-refractivity contribution in [2.45, 2.75) is 33.1 Å². The topological polar surface area (TPSA) is 48.1 Å². The highest BCUT2D eigenvalue weighted by Gasteiger charge is 2.09. The van der Waals surface area contributed by atoms with Gasteiger partial charge in [0.1, 0.15) is 5.75 Å². The van der Waals surface area contributed by atoms with Crippen LogP contribution in [0.5, 0.6) is 5.75 Å². The van der Waals surface area contributed by atoms with E-state index in [-0.39, 0.29) is 0 Å². The predicted molar refractivity (Wildman–Crippen MR) is 97.4 cm³/mol. The van der Waals surface area contributed by atoms with E-state index in [1.54, 1.807) is 13.3 Å². The summed E-state index contributed by atoms with van der Waals surface area (Å²) in [5.74, 6) is 0.895. The van der Waals surface area contributed by atoms with Crippen molar-refractivity contribution in [3.63, 3.8) is 0 Å². The zero-order valence-electron chi connectivity index (χ0n) is 15.1. The molecule has 2 aromatic heterocycles. The van der Waals surface area contributed by atoms with Gasteiger partial charge in [-0.3, -0.25) is 14.3 Å². The van der Waals surface area contributed by atoms with Gasteiger partial charge in [0.05, 0.1) is 19.9 Å². The highest BCUT2D eigenvalue weighted by atomic mass is 16.5. The second kappa shape index (κ2) is 7.98. The van der Waals surface area contributed by atoms with Crippen LogP contribution in [-0.4, -0.2) is 38.6 Å². The molecule has 3 aromatic rings. The molecular weight excluding hydrogens is 314 g/mol. The lowest BCUT2D eigenvalue weighted by Gasteiger charge is -2.17. The minimum Gasteiger partial charge on any atom is -0.496 e. The third kappa shape index (κ3) is 4.48. The van der Waals surface area contributed by atoms with Crippen LogP contribution < -0.4 is 4.74 Å². The van der Waals surface area contributed by atoms with Gasteiger partial charge in [0.25, 0.3) is 0 Å². The van der Waals surface area contributed by atoms with Gasteiger partial charge < -0.3 is 4.74 Å². The van der Waals surface area contributed by atoms with Gasteiger partial charge in [0, 0.05) is 49.4 Å². The third-order valence-electron chi connectivity index (χ3n) is 4.15. The molecule has 0 bridgehead atoms. The van der Waals surface area contributed by atoms with E-state index in [9.17, 15) is 0 Å². The number of aromatic nitrogens is 4. The summed E-state index contributed by atoms with van der Waals surface area (Å²) < 4.78 is 9.36. The Kier molecular flexibility index (Phi) is 5.50. The van der Waals surface area contributed by atoms with E-state index in [1.807, 2.05) is 33.9 Å². The first-order chi connectivity index (χ1) is 12.2. The van der Waals surface area contributed by atoms with E-state index in [1.165, 1.54) is 11.1 Å². The number of aryl methyl sites for hydroxylation is 1. The van der Waals surface area contributed by atoms with Crippen LogP contribution in [0.4, 0.5) is 0 Å². The van der Waals surface area contributed by atoms with Gasteiger partial charge in [0.15, 0.2) is 0 Å². The molecule has 0 saturated heterocycles. The molecule has 0 aliphatic heterocycles. The SMILES string of the molecule is CCn1cc(CN(C)Cc2ccc(OC)c(Cn3cccn3)c2)cn1. The Morgan fingerprint density at radius 2 is 1.96 bits per heavy atom. The standard InChI is InChI=1S/C19H25N5O/c1-4-23-14-17(11-21-23)13-22(2)12-16-6-7-19(25-3)18(10-16)15-24-9-5-8-20-24/h5-11,14H,4,12-13,15H2,1-3H3. The Hall–Kier alpha value is -2.60. The number of rotatable bonds is 8. The fraction of sp³-hybridized carbons (Fsp3) is 0.368. The first-order valence-electron chi connectivity index (χ1n) is 8.51. The smallest absolute Gasteiger partial charge is 0.123 e. The molecule has 0 N–H and O–H groups in total. The third-order valence-corrected chi connectivity index (χ3v) is 4.15. The Labute approximate surface area is 148 Å². The number of hydrogen-bond donors (Lipinski definition) is 0. The van der Waals surface area contributed by atoms with Gasteiger partial charge in [-0.2, -0.15) is 10.2 Å². The maximum absolute atomic E-state index is 5.50. The van der Waals surface area contributed by atoms with Gasteiger partial charge in [-0.05, 0) is 37.7 Å². The molecule has 0 aliphatic carbocycles. The minimum absolute atomic E-state index is 0.705. The summed E-state index contributed by atoms with van der Waals surface area (Å²) in [5.41, 5.74) is 3.62. The van der Waals surface area contributed by atoms with E-state index < -0.39 is 0 Å². The van der Waals surface area contributed by atoms with Gasteiger partial charge in [-0.25, -0.2) is 0 Å². The van der Waals surface area contributed by atoms with E-state index in [4.69, 9.17) is 4.74 Å². The van der Waals surface area contributed by atoms with Crippen LogP contribution in [0.3, 0.4) is 0 Å². The van der Waals surface area contributed by atoms with E-state index in [0.717, 1.165) is 30.9 Å². The summed E-state index contributed by atoms with van der Waals surface area (Å²) in [6.45, 7) is 5.45. The molecular formula is C19H25N5O. The van der Waals surface area contributed by atoms with Crippen molar-refractivity contribution in [2.75, 3.05) is 14.2 Å². The van der Waals surface area contributed by atoms with E-state index in [2.05, 4.69) is 47.4 Å². The average molecular weight is 339 g/mol. The summed E-state index contributed by atoms with van der Waals surface area (Å²) in [6, 6.07) is 8.29. The van der Waals surface area contributed by atoms with Gasteiger partial charge in [-0.15, -0.1) is 0 Å². The largest absolute Gasteiger partial charge is 0.496 e. The molecule has 0 aliphatic rings. The van der Waals surface area contributed by atoms with E-state index >= 15 is 0 Å². The van der Waals surface area contributed by atoms with Crippen molar-refractivity contribution in [1.29, 1.82) is 0 Å². The fourth-order valence-electron chi connectivity index (χ4n) is 2.96. The van der Waals surface area contributed by atoms with Gasteiger partial charge in [0.2, 0.25) is 0 Å². The Balaban J connectivity index is 1.68.